The van der Waals surface area contributed by atoms with Crippen molar-refractivity contribution < 1.29 is 68.6 Å². The van der Waals surface area contributed by atoms with Crippen LogP contribution in [0.1, 0.15) is 126 Å². The molecule has 3 aromatic rings. The van der Waals surface area contributed by atoms with Crippen LogP contribution >= 0.6 is 0 Å². The molecule has 0 aromatic heterocycles. The van der Waals surface area contributed by atoms with E-state index in [9.17, 15) is 59.6 Å². The van der Waals surface area contributed by atoms with Gasteiger partial charge in [0.2, 0.25) is 29.4 Å². The van der Waals surface area contributed by atoms with Crippen LogP contribution in [-0.2, 0) is 41.6 Å². The summed E-state index contributed by atoms with van der Waals surface area (Å²) in [5.41, 5.74) is 5.92. The zero-order valence-electron chi connectivity index (χ0n) is 41.9. The zero-order chi connectivity index (χ0) is 53.4. The molecule has 3 aliphatic rings. The number of hydrogen-bond acceptors (Lipinski definition) is 15. The lowest BCUT2D eigenvalue weighted by Gasteiger charge is -2.43. The number of aliphatic hydroxyl groups excluding tert-OH is 4. The van der Waals surface area contributed by atoms with Gasteiger partial charge in [-0.05, 0) is 53.6 Å². The minimum atomic E-state index is -2.44. The van der Waals surface area contributed by atoms with Crippen molar-refractivity contribution in [3.63, 3.8) is 0 Å². The summed E-state index contributed by atoms with van der Waals surface area (Å²) in [6, 6.07) is 7.18. The van der Waals surface area contributed by atoms with Crippen molar-refractivity contribution in [2.24, 2.45) is 11.7 Å². The minimum absolute atomic E-state index is 0.00208. The number of nitrogens with zero attached hydrogens (tertiary/aromatic N) is 1. The van der Waals surface area contributed by atoms with Gasteiger partial charge in [-0.1, -0.05) is 109 Å². The molecule has 21 heteroatoms. The van der Waals surface area contributed by atoms with Crippen LogP contribution in [0.4, 0.5) is 5.69 Å². The van der Waals surface area contributed by atoms with Crippen molar-refractivity contribution in [3.8, 4) is 17.2 Å². The van der Waals surface area contributed by atoms with Gasteiger partial charge in [-0.25, -0.2) is 4.79 Å². The van der Waals surface area contributed by atoms with E-state index in [1.807, 2.05) is 13.8 Å². The normalized spacial score (nSPS) is 23.1. The molecule has 4 amide bonds. The number of amides is 4. The molecule has 3 aromatic carbocycles. The van der Waals surface area contributed by atoms with E-state index in [1.54, 1.807) is 30.3 Å². The number of rotatable bonds is 23. The lowest BCUT2D eigenvalue weighted by atomic mass is 9.86. The number of carbonyl (C=O) groups is 5. The smallest absolute Gasteiger partial charge is 0.335 e. The Labute approximate surface area is 424 Å². The zero-order valence-corrected chi connectivity index (χ0v) is 41.9. The first-order valence-electron chi connectivity index (χ1n) is 25.1. The van der Waals surface area contributed by atoms with E-state index in [-0.39, 0.29) is 59.8 Å². The van der Waals surface area contributed by atoms with Crippen LogP contribution in [0.2, 0.25) is 0 Å². The van der Waals surface area contributed by atoms with E-state index in [4.69, 9.17) is 19.9 Å². The summed E-state index contributed by atoms with van der Waals surface area (Å²) >= 11 is 0. The molecule has 0 unspecified atom stereocenters. The number of carboxylic acids is 1. The number of carbonyl (C=O) groups excluding carboxylic acids is 4. The van der Waals surface area contributed by atoms with E-state index in [0.29, 0.717) is 12.0 Å². The van der Waals surface area contributed by atoms with Crippen LogP contribution in [0, 0.1) is 16.0 Å². The largest absolute Gasteiger partial charge is 0.492 e. The Bertz CT molecular complexity index is 2350. The van der Waals surface area contributed by atoms with Crippen LogP contribution in [0.25, 0.3) is 0 Å². The maximum Gasteiger partial charge on any atom is 0.335 e. The number of carboxylic acid groups (broad SMARTS) is 1. The Morgan fingerprint density at radius 3 is 2.19 bits per heavy atom. The summed E-state index contributed by atoms with van der Waals surface area (Å²) in [4.78, 5) is 81.0. The highest BCUT2D eigenvalue weighted by Crippen LogP contribution is 2.46. The maximum atomic E-state index is 14.7. The van der Waals surface area contributed by atoms with E-state index in [2.05, 4.69) is 28.2 Å². The molecule has 21 nitrogen and oxygen atoms in total. The highest BCUT2D eigenvalue weighted by Gasteiger charge is 2.47. The summed E-state index contributed by atoms with van der Waals surface area (Å²) in [5.74, 6) is -5.95. The van der Waals surface area contributed by atoms with E-state index < -0.39 is 113 Å². The summed E-state index contributed by atoms with van der Waals surface area (Å²) in [7, 11) is 1.20. The molecule has 1 fully saturated rings. The van der Waals surface area contributed by atoms with Crippen molar-refractivity contribution >= 4 is 35.3 Å². The fourth-order valence-electron chi connectivity index (χ4n) is 9.18. The predicted molar refractivity (Wildman–Crippen MR) is 266 cm³/mol. The van der Waals surface area contributed by atoms with Crippen molar-refractivity contribution in [2.45, 2.75) is 165 Å². The van der Waals surface area contributed by atoms with Gasteiger partial charge in [0, 0.05) is 30.9 Å². The molecule has 73 heavy (non-hydrogen) atoms. The molecule has 400 valence electrons. The fourth-order valence-corrected chi connectivity index (χ4v) is 9.18. The molecule has 10 atom stereocenters. The topological polar surface area (TPSA) is 331 Å². The first-order valence-corrected chi connectivity index (χ1v) is 25.1. The molecule has 1 saturated heterocycles. The number of nitro benzene ring substituents is 1. The molecule has 3 aliphatic heterocycles. The number of nitrogens with one attached hydrogen (secondary N) is 4. The molecule has 11 N–H and O–H groups in total. The first kappa shape index (κ1) is 57.7. The second-order valence-electron chi connectivity index (χ2n) is 19.3. The van der Waals surface area contributed by atoms with Crippen molar-refractivity contribution in [1.29, 1.82) is 0 Å². The summed E-state index contributed by atoms with van der Waals surface area (Å²) in [5, 5.41) is 78.4. The van der Waals surface area contributed by atoms with Crippen molar-refractivity contribution in [3.05, 3.63) is 93.0 Å². The first-order chi connectivity index (χ1) is 34.9. The van der Waals surface area contributed by atoms with Gasteiger partial charge in [0.25, 0.3) is 0 Å². The molecule has 0 saturated carbocycles. The second-order valence-corrected chi connectivity index (χ2v) is 19.3. The monoisotopic (exact) mass is 1020 g/mol. The Hall–Kier alpha value is -6.23. The number of ether oxygens (including phenoxy) is 3. The standard InChI is InChI=1S/C52H72N6O15/c1-5-6-7-8-9-10-11-12-16-19-41(60)56-43-45(62)44(61)40(28-59)73-48(43)33-26-32-27-39(47(33)71-4)72-38-21-20-31(25-37(38)58(69)70)24-36(54-49(64)34(53)22-29(2)3)50(65)55-35(23-30-17-14-13-15-18-30)51(66)57-42(32)46(63)52(67)68/h13-15,17-18,20-21,25-27,29,34-36,40,42-46,48,59,61-63H,5-12,16,19,22-24,28,53H2,1-4H3,(H,54,64)(H,55,65)(H,56,60)(H,57,66)(H,67,68)/t34-,35+,36-,40-,42-,43-,44-,45-,46-,48+/m1/s1. The number of aliphatic hydroxyl groups is 4. The Morgan fingerprint density at radius 2 is 1.58 bits per heavy atom. The second kappa shape index (κ2) is 27.7. The third kappa shape index (κ3) is 15.9. The van der Waals surface area contributed by atoms with Crippen LogP contribution in [0.15, 0.2) is 60.7 Å². The summed E-state index contributed by atoms with van der Waals surface area (Å²) in [6.45, 7) is 5.04. The fraction of sp³-hybridized carbons (Fsp3) is 0.558. The van der Waals surface area contributed by atoms with Crippen LogP contribution in [0.3, 0.4) is 0 Å². The molecule has 0 radical (unpaired) electrons. The van der Waals surface area contributed by atoms with Gasteiger partial charge < -0.3 is 66.7 Å². The SMILES string of the molecule is CCCCCCCCCCCC(=O)N[C@@H]1[C@@H](O)[C@H](O)[C@@H](CO)O[C@H]1c1cc2cc(c1OC)Oc1ccc(cc1[N+](=O)[O-])C[C@@H](NC(=O)[C@H](N)CC(C)C)C(=O)N[C@@H](Cc1ccccc1)C(=O)N[C@H]2[C@@H](O)C(=O)O. The van der Waals surface area contributed by atoms with E-state index >= 15 is 0 Å². The molecule has 6 rings (SSSR count). The van der Waals surface area contributed by atoms with Crippen molar-refractivity contribution in [1.82, 2.24) is 21.3 Å². The number of fused-ring (bicyclic) bond motifs is 9. The van der Waals surface area contributed by atoms with Crippen LogP contribution < -0.4 is 36.5 Å². The number of hydrogen-bond donors (Lipinski definition) is 10. The molecule has 4 bridgehead atoms. The number of aliphatic carboxylic acids is 1. The quantitative estimate of drug-likeness (QED) is 0.0368. The molecule has 0 aliphatic carbocycles. The third-order valence-electron chi connectivity index (χ3n) is 13.1. The number of unbranched alkanes of at least 4 members (excludes halogenated alkanes) is 8. The number of benzene rings is 3. The third-order valence-corrected chi connectivity index (χ3v) is 13.1. The summed E-state index contributed by atoms with van der Waals surface area (Å²) < 4.78 is 18.4. The van der Waals surface area contributed by atoms with Crippen LogP contribution in [-0.4, -0.2) is 122 Å². The van der Waals surface area contributed by atoms with Gasteiger partial charge >= 0.3 is 11.7 Å². The van der Waals surface area contributed by atoms with Gasteiger partial charge in [-0.3, -0.25) is 29.3 Å². The molecular formula is C52H72N6O15. The molecule has 3 heterocycles. The van der Waals surface area contributed by atoms with Crippen molar-refractivity contribution in [2.75, 3.05) is 13.7 Å². The highest BCUT2D eigenvalue weighted by molar-refractivity contribution is 5.93. The molecular weight excluding hydrogens is 949 g/mol. The predicted octanol–water partition coefficient (Wildman–Crippen LogP) is 3.70. The molecule has 0 spiro atoms. The van der Waals surface area contributed by atoms with Crippen LogP contribution in [0.5, 0.6) is 17.2 Å². The average Bonchev–Trinajstić information content (AvgIpc) is 3.35. The van der Waals surface area contributed by atoms with E-state index in [0.717, 1.165) is 50.7 Å². The Kier molecular flexibility index (Phi) is 21.9. The van der Waals surface area contributed by atoms with Gasteiger partial charge in [0.1, 0.15) is 36.5 Å². The average molecular weight is 1020 g/mol. The number of methoxy groups -OCH3 is 1. The Morgan fingerprint density at radius 1 is 0.904 bits per heavy atom. The lowest BCUT2D eigenvalue weighted by Crippen LogP contribution is -2.61. The lowest BCUT2D eigenvalue weighted by molar-refractivity contribution is -0.385. The van der Waals surface area contributed by atoms with E-state index in [1.165, 1.54) is 38.2 Å². The number of nitro groups is 1. The minimum Gasteiger partial charge on any atom is -0.492 e. The van der Waals surface area contributed by atoms with Gasteiger partial charge in [-0.2, -0.15) is 0 Å². The highest BCUT2D eigenvalue weighted by atomic mass is 16.6. The Balaban J connectivity index is 1.66. The van der Waals surface area contributed by atoms with Gasteiger partial charge in [-0.15, -0.1) is 0 Å². The maximum absolute atomic E-state index is 14.7. The summed E-state index contributed by atoms with van der Waals surface area (Å²) in [6.07, 6.45) is -0.310. The number of nitrogens with two attached hydrogens (primary N) is 1. The van der Waals surface area contributed by atoms with Gasteiger partial charge in [0.05, 0.1) is 36.8 Å². The van der Waals surface area contributed by atoms with Gasteiger partial charge in [0.15, 0.2) is 17.6 Å².